The zero-order chi connectivity index (χ0) is 17.0. The Hall–Kier alpha value is -2.38. The highest BCUT2D eigenvalue weighted by molar-refractivity contribution is 7.80. The third-order valence-corrected chi connectivity index (χ3v) is 3.53. The second-order valence-corrected chi connectivity index (χ2v) is 5.52. The molecular formula is C15H14ClN3O3S. The van der Waals surface area contributed by atoms with Crippen LogP contribution in [-0.4, -0.2) is 17.1 Å². The molecule has 23 heavy (non-hydrogen) atoms. The first kappa shape index (κ1) is 17.0. The Morgan fingerprint density at radius 2 is 1.91 bits per heavy atom. The number of halogens is 1. The molecule has 8 heteroatoms. The number of hydrogen-bond donors (Lipinski definition) is 2. The second kappa shape index (κ2) is 7.26. The number of thiocarbonyl (C=S) groups is 1. The molecule has 2 aromatic rings. The molecule has 0 saturated heterocycles. The molecule has 6 nitrogen and oxygen atoms in total. The van der Waals surface area contributed by atoms with Gasteiger partial charge in [-0.2, -0.15) is 0 Å². The zero-order valence-corrected chi connectivity index (χ0v) is 14.0. The molecule has 2 rings (SSSR count). The lowest BCUT2D eigenvalue weighted by atomic mass is 10.2. The molecule has 0 unspecified atom stereocenters. The minimum atomic E-state index is -0.488. The monoisotopic (exact) mass is 351 g/mol. The van der Waals surface area contributed by atoms with Crippen LogP contribution in [0.3, 0.4) is 0 Å². The van der Waals surface area contributed by atoms with Crippen LogP contribution in [0.25, 0.3) is 0 Å². The van der Waals surface area contributed by atoms with Crippen molar-refractivity contribution in [3.63, 3.8) is 0 Å². The molecular weight excluding hydrogens is 338 g/mol. The molecule has 0 amide bonds. The molecule has 120 valence electrons. The summed E-state index contributed by atoms with van der Waals surface area (Å²) in [6, 6.07) is 9.67. The zero-order valence-electron chi connectivity index (χ0n) is 12.4. The van der Waals surface area contributed by atoms with Gasteiger partial charge < -0.3 is 15.4 Å². The van der Waals surface area contributed by atoms with E-state index in [2.05, 4.69) is 10.6 Å². The Morgan fingerprint density at radius 1 is 1.22 bits per heavy atom. The number of nitrogens with zero attached hydrogens (tertiary/aromatic N) is 1. The van der Waals surface area contributed by atoms with Gasteiger partial charge in [0.05, 0.1) is 23.8 Å². The van der Waals surface area contributed by atoms with Gasteiger partial charge >= 0.3 is 0 Å². The highest BCUT2D eigenvalue weighted by Crippen LogP contribution is 2.29. The molecule has 2 aromatic carbocycles. The molecule has 0 aliphatic heterocycles. The summed E-state index contributed by atoms with van der Waals surface area (Å²) in [4.78, 5) is 10.3. The number of anilines is 2. The molecule has 0 fully saturated rings. The van der Waals surface area contributed by atoms with Crippen LogP contribution < -0.4 is 15.4 Å². The molecule has 0 spiro atoms. The number of aryl methyl sites for hydroxylation is 1. The summed E-state index contributed by atoms with van der Waals surface area (Å²) >= 11 is 11.2. The van der Waals surface area contributed by atoms with Crippen LogP contribution in [-0.2, 0) is 0 Å². The molecule has 0 saturated carbocycles. The standard InChI is InChI=1S/C15H14ClN3O3S/c1-9-3-4-10(16)7-13(9)18-15(23)17-12-6-5-11(19(20)21)8-14(12)22-2/h3-8H,1-2H3,(H2,17,18,23). The molecule has 2 N–H and O–H groups in total. The molecule has 0 aromatic heterocycles. The third kappa shape index (κ3) is 4.30. The summed E-state index contributed by atoms with van der Waals surface area (Å²) in [5.74, 6) is 0.325. The Kier molecular flexibility index (Phi) is 5.36. The normalized spacial score (nSPS) is 10.0. The number of methoxy groups -OCH3 is 1. The van der Waals surface area contributed by atoms with E-state index in [9.17, 15) is 10.1 Å². The summed E-state index contributed by atoms with van der Waals surface area (Å²) in [7, 11) is 1.43. The molecule has 0 radical (unpaired) electrons. The smallest absolute Gasteiger partial charge is 0.273 e. The van der Waals surface area contributed by atoms with Gasteiger partial charge in [0, 0.05) is 16.8 Å². The fraction of sp³-hybridized carbons (Fsp3) is 0.133. The minimum Gasteiger partial charge on any atom is -0.494 e. The van der Waals surface area contributed by atoms with Crippen molar-refractivity contribution in [3.05, 3.63) is 57.1 Å². The summed E-state index contributed by atoms with van der Waals surface area (Å²) in [6.45, 7) is 1.92. The average molecular weight is 352 g/mol. The van der Waals surface area contributed by atoms with E-state index in [1.807, 2.05) is 13.0 Å². The van der Waals surface area contributed by atoms with Crippen molar-refractivity contribution >= 4 is 46.0 Å². The van der Waals surface area contributed by atoms with Crippen LogP contribution in [0.2, 0.25) is 5.02 Å². The van der Waals surface area contributed by atoms with Gasteiger partial charge in [0.1, 0.15) is 5.75 Å². The Labute approximate surface area is 143 Å². The number of rotatable bonds is 4. The Morgan fingerprint density at radius 3 is 2.57 bits per heavy atom. The van der Waals surface area contributed by atoms with Gasteiger partial charge in [0.2, 0.25) is 0 Å². The highest BCUT2D eigenvalue weighted by atomic mass is 35.5. The van der Waals surface area contributed by atoms with Crippen LogP contribution in [0.15, 0.2) is 36.4 Å². The molecule has 0 heterocycles. The van der Waals surface area contributed by atoms with E-state index in [1.54, 1.807) is 12.1 Å². The fourth-order valence-corrected chi connectivity index (χ4v) is 2.29. The highest BCUT2D eigenvalue weighted by Gasteiger charge is 2.12. The van der Waals surface area contributed by atoms with Crippen LogP contribution in [0.5, 0.6) is 5.75 Å². The number of nitro groups is 1. The maximum atomic E-state index is 10.8. The van der Waals surface area contributed by atoms with Gasteiger partial charge in [-0.15, -0.1) is 0 Å². The van der Waals surface area contributed by atoms with Crippen molar-refractivity contribution in [2.75, 3.05) is 17.7 Å². The first-order valence-corrected chi connectivity index (χ1v) is 7.36. The van der Waals surface area contributed by atoms with E-state index in [4.69, 9.17) is 28.6 Å². The second-order valence-electron chi connectivity index (χ2n) is 4.68. The Balaban J connectivity index is 2.17. The van der Waals surface area contributed by atoms with E-state index in [0.29, 0.717) is 21.6 Å². The van der Waals surface area contributed by atoms with Gasteiger partial charge in [0.25, 0.3) is 5.69 Å². The van der Waals surface area contributed by atoms with Crippen LogP contribution >= 0.6 is 23.8 Å². The van der Waals surface area contributed by atoms with Crippen LogP contribution in [0, 0.1) is 17.0 Å². The first-order chi connectivity index (χ1) is 10.9. The number of nitrogens with one attached hydrogen (secondary N) is 2. The average Bonchev–Trinajstić information content (AvgIpc) is 2.51. The lowest BCUT2D eigenvalue weighted by Crippen LogP contribution is -2.20. The van der Waals surface area contributed by atoms with Gasteiger partial charge in [-0.25, -0.2) is 0 Å². The van der Waals surface area contributed by atoms with Crippen molar-refractivity contribution in [1.29, 1.82) is 0 Å². The van der Waals surface area contributed by atoms with E-state index in [1.165, 1.54) is 25.3 Å². The van der Waals surface area contributed by atoms with E-state index >= 15 is 0 Å². The fourth-order valence-electron chi connectivity index (χ4n) is 1.90. The molecule has 0 aliphatic carbocycles. The minimum absolute atomic E-state index is 0.0584. The van der Waals surface area contributed by atoms with Crippen molar-refractivity contribution in [1.82, 2.24) is 0 Å². The van der Waals surface area contributed by atoms with Gasteiger partial charge in [-0.05, 0) is 42.9 Å². The molecule has 0 aliphatic rings. The maximum absolute atomic E-state index is 10.8. The summed E-state index contributed by atoms with van der Waals surface area (Å²) in [5.41, 5.74) is 2.22. The van der Waals surface area contributed by atoms with Gasteiger partial charge in [-0.3, -0.25) is 10.1 Å². The number of ether oxygens (including phenoxy) is 1. The maximum Gasteiger partial charge on any atom is 0.273 e. The van der Waals surface area contributed by atoms with Crippen molar-refractivity contribution in [3.8, 4) is 5.75 Å². The number of hydrogen-bond acceptors (Lipinski definition) is 4. The van der Waals surface area contributed by atoms with E-state index in [-0.39, 0.29) is 5.69 Å². The summed E-state index contributed by atoms with van der Waals surface area (Å²) < 4.78 is 5.15. The van der Waals surface area contributed by atoms with Crippen molar-refractivity contribution < 1.29 is 9.66 Å². The SMILES string of the molecule is COc1cc([N+](=O)[O-])ccc1NC(=S)Nc1cc(Cl)ccc1C. The predicted octanol–water partition coefficient (Wildman–Crippen LogP) is 4.37. The van der Waals surface area contributed by atoms with E-state index in [0.717, 1.165) is 11.3 Å². The lowest BCUT2D eigenvalue weighted by molar-refractivity contribution is -0.384. The molecule has 0 bridgehead atoms. The van der Waals surface area contributed by atoms with Crippen LogP contribution in [0.1, 0.15) is 5.56 Å². The molecule has 0 atom stereocenters. The topological polar surface area (TPSA) is 76.4 Å². The van der Waals surface area contributed by atoms with Gasteiger partial charge in [0.15, 0.2) is 5.11 Å². The number of non-ortho nitro benzene ring substituents is 1. The summed E-state index contributed by atoms with van der Waals surface area (Å²) in [6.07, 6.45) is 0. The van der Waals surface area contributed by atoms with E-state index < -0.39 is 4.92 Å². The summed E-state index contributed by atoms with van der Waals surface area (Å²) in [5, 5.41) is 17.7. The number of nitro benzene ring substituents is 1. The quantitative estimate of drug-likeness (QED) is 0.484. The van der Waals surface area contributed by atoms with Crippen molar-refractivity contribution in [2.24, 2.45) is 0 Å². The third-order valence-electron chi connectivity index (χ3n) is 3.09. The van der Waals surface area contributed by atoms with Crippen molar-refractivity contribution in [2.45, 2.75) is 6.92 Å². The lowest BCUT2D eigenvalue weighted by Gasteiger charge is -2.14. The number of benzene rings is 2. The Bertz CT molecular complexity index is 768. The van der Waals surface area contributed by atoms with Gasteiger partial charge in [-0.1, -0.05) is 17.7 Å². The predicted molar refractivity (Wildman–Crippen MR) is 95.7 cm³/mol. The largest absolute Gasteiger partial charge is 0.494 e. The van der Waals surface area contributed by atoms with Crippen LogP contribution in [0.4, 0.5) is 17.1 Å². The first-order valence-electron chi connectivity index (χ1n) is 6.57.